The molecule has 1 heterocycles. The number of hydrogen-bond donors (Lipinski definition) is 2. The number of aliphatic hydroxyl groups is 1. The molecule has 0 radical (unpaired) electrons. The molecule has 2 aromatic rings. The fourth-order valence-electron chi connectivity index (χ4n) is 1.85. The summed E-state index contributed by atoms with van der Waals surface area (Å²) in [7, 11) is 1.56. The molecule has 0 saturated carbocycles. The number of methoxy groups -OCH3 is 1. The Balaban J connectivity index is 2.33. The summed E-state index contributed by atoms with van der Waals surface area (Å²) in [6.07, 6.45) is 3.19. The second-order valence-electron chi connectivity index (χ2n) is 4.37. The Bertz CT molecular complexity index is 635. The summed E-state index contributed by atoms with van der Waals surface area (Å²) < 4.78 is 5.04. The van der Waals surface area contributed by atoms with Crippen LogP contribution in [0.4, 0.5) is 0 Å². The Morgan fingerprint density at radius 2 is 2.00 bits per heavy atom. The van der Waals surface area contributed by atoms with E-state index in [9.17, 15) is 15.0 Å². The number of carboxylic acid groups (broad SMARTS) is 1. The first-order valence-electron chi connectivity index (χ1n) is 6.28. The number of aliphatic carboxylic acids is 1. The molecule has 0 saturated heterocycles. The topological polar surface area (TPSA) is 79.7 Å². The van der Waals surface area contributed by atoms with Crippen molar-refractivity contribution in [3.8, 4) is 5.75 Å². The van der Waals surface area contributed by atoms with E-state index >= 15 is 0 Å². The van der Waals surface area contributed by atoms with Crippen LogP contribution in [-0.4, -0.2) is 28.3 Å². The number of pyridine rings is 1. The van der Waals surface area contributed by atoms with Gasteiger partial charge >= 0.3 is 5.97 Å². The third kappa shape index (κ3) is 3.67. The predicted octanol–water partition coefficient (Wildman–Crippen LogP) is 2.29. The van der Waals surface area contributed by atoms with Crippen LogP contribution in [0.2, 0.25) is 0 Å². The zero-order valence-corrected chi connectivity index (χ0v) is 11.4. The van der Waals surface area contributed by atoms with Crippen LogP contribution in [0.1, 0.15) is 17.2 Å². The van der Waals surface area contributed by atoms with Crippen molar-refractivity contribution in [1.82, 2.24) is 4.98 Å². The molecule has 5 nitrogen and oxygen atoms in total. The van der Waals surface area contributed by atoms with Crippen molar-refractivity contribution in [3.63, 3.8) is 0 Å². The Labute approximate surface area is 122 Å². The number of aromatic nitrogens is 1. The van der Waals surface area contributed by atoms with Gasteiger partial charge in [-0.25, -0.2) is 4.79 Å². The minimum absolute atomic E-state index is 0.117. The third-order valence-electron chi connectivity index (χ3n) is 2.98. The maximum absolute atomic E-state index is 11.4. The van der Waals surface area contributed by atoms with Crippen LogP contribution in [0.3, 0.4) is 0 Å². The van der Waals surface area contributed by atoms with Crippen molar-refractivity contribution >= 4 is 12.0 Å². The maximum atomic E-state index is 11.4. The van der Waals surface area contributed by atoms with Crippen LogP contribution in [0, 0.1) is 0 Å². The van der Waals surface area contributed by atoms with Crippen LogP contribution in [0.15, 0.2) is 54.4 Å². The number of carbonyl (C=O) groups is 1. The van der Waals surface area contributed by atoms with Gasteiger partial charge in [0.25, 0.3) is 0 Å². The van der Waals surface area contributed by atoms with Gasteiger partial charge in [-0.3, -0.25) is 4.98 Å². The van der Waals surface area contributed by atoms with E-state index in [-0.39, 0.29) is 5.57 Å². The molecule has 1 aromatic heterocycles. The lowest BCUT2D eigenvalue weighted by Gasteiger charge is -2.11. The largest absolute Gasteiger partial charge is 0.497 e. The van der Waals surface area contributed by atoms with Gasteiger partial charge < -0.3 is 14.9 Å². The van der Waals surface area contributed by atoms with Crippen molar-refractivity contribution in [1.29, 1.82) is 0 Å². The first-order valence-corrected chi connectivity index (χ1v) is 6.28. The first kappa shape index (κ1) is 14.7. The van der Waals surface area contributed by atoms with Gasteiger partial charge in [0.15, 0.2) is 0 Å². The highest BCUT2D eigenvalue weighted by atomic mass is 16.5. The Morgan fingerprint density at radius 3 is 2.52 bits per heavy atom. The number of nitrogens with zero attached hydrogens (tertiary/aromatic N) is 1. The normalized spacial score (nSPS) is 12.8. The molecule has 0 aliphatic heterocycles. The van der Waals surface area contributed by atoms with E-state index in [2.05, 4.69) is 4.98 Å². The van der Waals surface area contributed by atoms with E-state index in [4.69, 9.17) is 4.74 Å². The quantitative estimate of drug-likeness (QED) is 0.824. The van der Waals surface area contributed by atoms with Crippen molar-refractivity contribution < 1.29 is 19.7 Å². The second-order valence-corrected chi connectivity index (χ2v) is 4.37. The molecule has 0 aliphatic carbocycles. The summed E-state index contributed by atoms with van der Waals surface area (Å²) >= 11 is 0. The predicted molar refractivity (Wildman–Crippen MR) is 77.8 cm³/mol. The molecular formula is C16H15NO4. The smallest absolute Gasteiger partial charge is 0.334 e. The van der Waals surface area contributed by atoms with Crippen molar-refractivity contribution in [3.05, 3.63) is 65.5 Å². The fraction of sp³-hybridized carbons (Fsp3) is 0.125. The summed E-state index contributed by atoms with van der Waals surface area (Å²) in [4.78, 5) is 15.2. The molecule has 2 rings (SSSR count). The molecule has 108 valence electrons. The lowest BCUT2D eigenvalue weighted by Crippen LogP contribution is -2.11. The monoisotopic (exact) mass is 285 g/mol. The molecule has 0 amide bonds. The summed E-state index contributed by atoms with van der Waals surface area (Å²) in [5, 5.41) is 19.5. The first-order chi connectivity index (χ1) is 10.1. The summed E-state index contributed by atoms with van der Waals surface area (Å²) in [6.45, 7) is 0. The average Bonchev–Trinajstić information content (AvgIpc) is 2.53. The molecule has 1 aromatic carbocycles. The van der Waals surface area contributed by atoms with Crippen molar-refractivity contribution in [2.45, 2.75) is 6.10 Å². The van der Waals surface area contributed by atoms with Gasteiger partial charge in [-0.05, 0) is 29.8 Å². The molecule has 2 N–H and O–H groups in total. The van der Waals surface area contributed by atoms with E-state index in [1.807, 2.05) is 0 Å². The third-order valence-corrected chi connectivity index (χ3v) is 2.98. The average molecular weight is 285 g/mol. The zero-order valence-electron chi connectivity index (χ0n) is 11.4. The van der Waals surface area contributed by atoms with E-state index in [0.29, 0.717) is 16.9 Å². The number of rotatable bonds is 5. The molecule has 21 heavy (non-hydrogen) atoms. The van der Waals surface area contributed by atoms with Gasteiger partial charge in [0, 0.05) is 18.0 Å². The van der Waals surface area contributed by atoms with Crippen molar-refractivity contribution in [2.75, 3.05) is 7.11 Å². The van der Waals surface area contributed by atoms with Crippen LogP contribution < -0.4 is 4.74 Å². The van der Waals surface area contributed by atoms with E-state index in [0.717, 1.165) is 0 Å². The highest BCUT2D eigenvalue weighted by molar-refractivity contribution is 5.93. The van der Waals surface area contributed by atoms with Gasteiger partial charge in [-0.15, -0.1) is 0 Å². The van der Waals surface area contributed by atoms with Gasteiger partial charge in [0.1, 0.15) is 11.9 Å². The highest BCUT2D eigenvalue weighted by Crippen LogP contribution is 2.24. The van der Waals surface area contributed by atoms with Crippen LogP contribution in [0.5, 0.6) is 5.75 Å². The van der Waals surface area contributed by atoms with Gasteiger partial charge in [0.2, 0.25) is 0 Å². The maximum Gasteiger partial charge on any atom is 0.334 e. The minimum Gasteiger partial charge on any atom is -0.497 e. The van der Waals surface area contributed by atoms with Crippen molar-refractivity contribution in [2.24, 2.45) is 0 Å². The standard InChI is InChI=1S/C16H15NO4/c1-21-13-6-4-11(5-7-13)9-14(16(19)20)15(18)12-3-2-8-17-10-12/h2-10,15,18H,1H3,(H,19,20). The van der Waals surface area contributed by atoms with E-state index in [1.165, 1.54) is 12.3 Å². The molecule has 0 bridgehead atoms. The van der Waals surface area contributed by atoms with Crippen LogP contribution >= 0.6 is 0 Å². The van der Waals surface area contributed by atoms with E-state index < -0.39 is 12.1 Å². The Morgan fingerprint density at radius 1 is 1.29 bits per heavy atom. The number of carboxylic acids is 1. The Hall–Kier alpha value is -2.66. The van der Waals surface area contributed by atoms with Crippen LogP contribution in [0.25, 0.3) is 6.08 Å². The number of hydrogen-bond acceptors (Lipinski definition) is 4. The number of benzene rings is 1. The minimum atomic E-state index is -1.24. The van der Waals surface area contributed by atoms with Gasteiger partial charge in [-0.2, -0.15) is 0 Å². The van der Waals surface area contributed by atoms with E-state index in [1.54, 1.807) is 49.7 Å². The molecular weight excluding hydrogens is 270 g/mol. The molecule has 1 atom stereocenters. The Kier molecular flexibility index (Phi) is 4.68. The number of aliphatic hydroxyl groups excluding tert-OH is 1. The molecule has 0 spiro atoms. The molecule has 0 fully saturated rings. The fourth-order valence-corrected chi connectivity index (χ4v) is 1.85. The second kappa shape index (κ2) is 6.67. The summed E-state index contributed by atoms with van der Waals surface area (Å²) in [5.74, 6) is -0.501. The number of ether oxygens (including phenoxy) is 1. The molecule has 5 heteroatoms. The van der Waals surface area contributed by atoms with Crippen LogP contribution in [-0.2, 0) is 4.79 Å². The highest BCUT2D eigenvalue weighted by Gasteiger charge is 2.20. The lowest BCUT2D eigenvalue weighted by molar-refractivity contribution is -0.133. The lowest BCUT2D eigenvalue weighted by atomic mass is 10.0. The molecule has 1 unspecified atom stereocenters. The van der Waals surface area contributed by atoms with Gasteiger partial charge in [0.05, 0.1) is 12.7 Å². The summed E-state index contributed by atoms with van der Waals surface area (Å²) in [6, 6.07) is 10.2. The van der Waals surface area contributed by atoms with Gasteiger partial charge in [-0.1, -0.05) is 18.2 Å². The zero-order chi connectivity index (χ0) is 15.2. The SMILES string of the molecule is COc1ccc(C=C(C(=O)O)C(O)c2cccnc2)cc1. The molecule has 0 aliphatic rings. The summed E-state index contributed by atoms with van der Waals surface area (Å²) in [5.41, 5.74) is 0.976.